The Morgan fingerprint density at radius 2 is 2.18 bits per heavy atom. The first-order valence-electron chi connectivity index (χ1n) is 6.68. The Balaban J connectivity index is 2.27. The van der Waals surface area contributed by atoms with Gasteiger partial charge in [0.15, 0.2) is 11.0 Å². The quantitative estimate of drug-likeness (QED) is 0.406. The number of aliphatic imine (C=N–C) groups is 1. The Hall–Kier alpha value is -1.67. The first-order chi connectivity index (χ1) is 10.3. The van der Waals surface area contributed by atoms with Crippen LogP contribution in [0.4, 0.5) is 8.78 Å². The van der Waals surface area contributed by atoms with Gasteiger partial charge in [0.1, 0.15) is 5.75 Å². The minimum atomic E-state index is -3.20. The topological polar surface area (TPSA) is 97.5 Å². The number of nitrogens with two attached hydrogens (primary N) is 2. The third kappa shape index (κ3) is 6.86. The predicted octanol–water partition coefficient (Wildman–Crippen LogP) is 2.59. The number of halogens is 2. The van der Waals surface area contributed by atoms with E-state index in [0.717, 1.165) is 23.1 Å². The maximum absolute atomic E-state index is 12.8. The van der Waals surface area contributed by atoms with Gasteiger partial charge in [-0.15, -0.1) is 0 Å². The minimum Gasteiger partial charge on any atom is -0.494 e. The fraction of sp³-hybridized carbons (Fsp3) is 0.429. The summed E-state index contributed by atoms with van der Waals surface area (Å²) in [5.41, 5.74) is 11.6. The second-order valence-electron chi connectivity index (χ2n) is 4.59. The molecule has 0 saturated heterocycles. The van der Waals surface area contributed by atoms with Crippen molar-refractivity contribution in [2.75, 3.05) is 12.4 Å². The van der Waals surface area contributed by atoms with Crippen molar-refractivity contribution in [3.8, 4) is 5.75 Å². The highest BCUT2D eigenvalue weighted by Gasteiger charge is 2.27. The van der Waals surface area contributed by atoms with Gasteiger partial charge < -0.3 is 16.2 Å². The average molecular weight is 330 g/mol. The van der Waals surface area contributed by atoms with Crippen LogP contribution in [0.3, 0.4) is 0 Å². The summed E-state index contributed by atoms with van der Waals surface area (Å²) in [6.45, 7) is 1.55. The van der Waals surface area contributed by atoms with E-state index in [1.165, 1.54) is 0 Å². The molecule has 8 heteroatoms. The second kappa shape index (κ2) is 8.70. The molecule has 5 N–H and O–H groups in total. The Labute approximate surface area is 132 Å². The predicted molar refractivity (Wildman–Crippen MR) is 86.9 cm³/mol. The van der Waals surface area contributed by atoms with Crippen LogP contribution in [-0.4, -0.2) is 29.3 Å². The van der Waals surface area contributed by atoms with Gasteiger partial charge in [0.2, 0.25) is 0 Å². The zero-order chi connectivity index (χ0) is 16.6. The summed E-state index contributed by atoms with van der Waals surface area (Å²) in [4.78, 5) is 3.36. The number of alkyl halides is 2. The van der Waals surface area contributed by atoms with E-state index in [4.69, 9.17) is 21.6 Å². The number of hydrogen-bond acceptors (Lipinski definition) is 4. The molecular weight excluding hydrogens is 310 g/mol. The normalized spacial score (nSPS) is 12.3. The molecule has 0 fully saturated rings. The van der Waals surface area contributed by atoms with E-state index in [2.05, 4.69) is 4.99 Å². The van der Waals surface area contributed by atoms with E-state index in [9.17, 15) is 8.78 Å². The molecule has 22 heavy (non-hydrogen) atoms. The molecule has 0 aromatic heterocycles. The van der Waals surface area contributed by atoms with Crippen LogP contribution in [0.2, 0.25) is 0 Å². The highest BCUT2D eigenvalue weighted by atomic mass is 32.2. The van der Waals surface area contributed by atoms with Gasteiger partial charge in [0.25, 0.3) is 0 Å². The summed E-state index contributed by atoms with van der Waals surface area (Å²) >= 11 is 1.05. The minimum absolute atomic E-state index is 0.232. The van der Waals surface area contributed by atoms with Crippen molar-refractivity contribution in [1.29, 1.82) is 5.41 Å². The van der Waals surface area contributed by atoms with Crippen LogP contribution in [0.5, 0.6) is 5.75 Å². The Bertz CT molecular complexity index is 532. The third-order valence-corrected chi connectivity index (χ3v) is 3.46. The number of ether oxygens (including phenoxy) is 1. The van der Waals surface area contributed by atoms with Crippen LogP contribution < -0.4 is 16.2 Å². The average Bonchev–Trinajstić information content (AvgIpc) is 2.46. The van der Waals surface area contributed by atoms with Crippen molar-refractivity contribution in [3.05, 3.63) is 29.8 Å². The molecule has 0 heterocycles. The van der Waals surface area contributed by atoms with E-state index >= 15 is 0 Å². The van der Waals surface area contributed by atoms with Crippen LogP contribution in [0.15, 0.2) is 29.3 Å². The first-order valence-corrected chi connectivity index (χ1v) is 7.67. The molecule has 1 rings (SSSR count). The molecule has 0 saturated carbocycles. The largest absolute Gasteiger partial charge is 0.494 e. The SMILES string of the molecule is CC(F)(F)/C(N)=N/C(=N)SCCCOc1cccc(CN)c1. The monoisotopic (exact) mass is 330 g/mol. The zero-order valence-corrected chi connectivity index (χ0v) is 13.1. The summed E-state index contributed by atoms with van der Waals surface area (Å²) < 4.78 is 31.1. The maximum Gasteiger partial charge on any atom is 0.301 e. The van der Waals surface area contributed by atoms with Crippen LogP contribution in [0, 0.1) is 5.41 Å². The van der Waals surface area contributed by atoms with Crippen molar-refractivity contribution in [3.63, 3.8) is 0 Å². The van der Waals surface area contributed by atoms with Gasteiger partial charge in [0, 0.05) is 19.2 Å². The van der Waals surface area contributed by atoms with Gasteiger partial charge in [-0.25, -0.2) is 4.99 Å². The molecule has 0 spiro atoms. The van der Waals surface area contributed by atoms with Crippen molar-refractivity contribution in [2.45, 2.75) is 25.8 Å². The molecule has 0 aliphatic carbocycles. The highest BCUT2D eigenvalue weighted by molar-refractivity contribution is 8.13. The van der Waals surface area contributed by atoms with Gasteiger partial charge in [-0.3, -0.25) is 5.41 Å². The van der Waals surface area contributed by atoms with Gasteiger partial charge in [0.05, 0.1) is 6.61 Å². The lowest BCUT2D eigenvalue weighted by Crippen LogP contribution is -2.33. The van der Waals surface area contributed by atoms with Crippen LogP contribution in [-0.2, 0) is 6.54 Å². The van der Waals surface area contributed by atoms with Crippen LogP contribution in [0.25, 0.3) is 0 Å². The van der Waals surface area contributed by atoms with Gasteiger partial charge in [-0.1, -0.05) is 23.9 Å². The third-order valence-electron chi connectivity index (χ3n) is 2.60. The molecule has 1 aromatic rings. The molecule has 0 unspecified atom stereocenters. The fourth-order valence-corrected chi connectivity index (χ4v) is 2.04. The lowest BCUT2D eigenvalue weighted by atomic mass is 10.2. The Kier molecular flexibility index (Phi) is 7.26. The van der Waals surface area contributed by atoms with E-state index in [-0.39, 0.29) is 5.17 Å². The molecule has 0 amide bonds. The maximum atomic E-state index is 12.8. The van der Waals surface area contributed by atoms with Crippen molar-refractivity contribution >= 4 is 22.8 Å². The summed E-state index contributed by atoms with van der Waals surface area (Å²) in [7, 11) is 0. The molecule has 0 bridgehead atoms. The molecule has 0 atom stereocenters. The van der Waals surface area contributed by atoms with Crippen molar-refractivity contribution < 1.29 is 13.5 Å². The highest BCUT2D eigenvalue weighted by Crippen LogP contribution is 2.15. The standard InChI is InChI=1S/C14H20F2N4OS/c1-14(15,16)12(18)20-13(19)22-7-3-6-21-11-5-2-4-10(8-11)9-17/h2,4-5,8H,3,6-7,9,17H2,1H3,(H3,18,19,20). The lowest BCUT2D eigenvalue weighted by molar-refractivity contribution is 0.0992. The van der Waals surface area contributed by atoms with E-state index < -0.39 is 11.8 Å². The Morgan fingerprint density at radius 1 is 1.45 bits per heavy atom. The van der Waals surface area contributed by atoms with Gasteiger partial charge in [-0.05, 0) is 24.1 Å². The number of amidine groups is 2. The summed E-state index contributed by atoms with van der Waals surface area (Å²) in [6.07, 6.45) is 0.651. The summed E-state index contributed by atoms with van der Waals surface area (Å²) in [5, 5.41) is 7.23. The fourth-order valence-electron chi connectivity index (χ4n) is 1.42. The van der Waals surface area contributed by atoms with E-state index in [1.54, 1.807) is 0 Å². The summed E-state index contributed by atoms with van der Waals surface area (Å²) in [6, 6.07) is 7.48. The van der Waals surface area contributed by atoms with Crippen molar-refractivity contribution in [2.24, 2.45) is 16.5 Å². The second-order valence-corrected chi connectivity index (χ2v) is 5.68. The number of rotatable bonds is 7. The molecule has 0 radical (unpaired) electrons. The van der Waals surface area contributed by atoms with Crippen LogP contribution in [0.1, 0.15) is 18.9 Å². The molecule has 122 valence electrons. The van der Waals surface area contributed by atoms with Gasteiger partial charge >= 0.3 is 5.92 Å². The van der Waals surface area contributed by atoms with Crippen molar-refractivity contribution in [1.82, 2.24) is 0 Å². The smallest absolute Gasteiger partial charge is 0.301 e. The van der Waals surface area contributed by atoms with E-state index in [1.807, 2.05) is 24.3 Å². The summed E-state index contributed by atoms with van der Waals surface area (Å²) in [5.74, 6) is -2.79. The number of benzene rings is 1. The molecule has 0 aliphatic rings. The number of nitrogens with zero attached hydrogens (tertiary/aromatic N) is 1. The molecule has 0 aliphatic heterocycles. The zero-order valence-electron chi connectivity index (χ0n) is 12.3. The molecule has 1 aromatic carbocycles. The molecule has 5 nitrogen and oxygen atoms in total. The van der Waals surface area contributed by atoms with Gasteiger partial charge in [-0.2, -0.15) is 8.78 Å². The number of thioether (sulfide) groups is 1. The Morgan fingerprint density at radius 3 is 2.82 bits per heavy atom. The number of nitrogens with one attached hydrogen (secondary N) is 1. The van der Waals surface area contributed by atoms with E-state index in [0.29, 0.717) is 32.2 Å². The molecular formula is C14H20F2N4OS. The number of hydrogen-bond donors (Lipinski definition) is 3. The first kappa shape index (κ1) is 18.4. The lowest BCUT2D eigenvalue weighted by Gasteiger charge is -2.09. The van der Waals surface area contributed by atoms with Crippen LogP contribution >= 0.6 is 11.8 Å².